The van der Waals surface area contributed by atoms with Crippen LogP contribution in [0.25, 0.3) is 0 Å². The van der Waals surface area contributed by atoms with Crippen molar-refractivity contribution in [1.29, 1.82) is 0 Å². The van der Waals surface area contributed by atoms with E-state index in [2.05, 4.69) is 11.9 Å². The molecule has 0 aliphatic carbocycles. The lowest BCUT2D eigenvalue weighted by Crippen LogP contribution is -2.34. The predicted molar refractivity (Wildman–Crippen MR) is 110 cm³/mol. The second kappa shape index (κ2) is 9.84. The van der Waals surface area contributed by atoms with E-state index in [1.54, 1.807) is 26.8 Å². The summed E-state index contributed by atoms with van der Waals surface area (Å²) in [5.41, 5.74) is 7.05. The van der Waals surface area contributed by atoms with Crippen molar-refractivity contribution in [2.24, 2.45) is 5.73 Å². The number of carbonyl (C=O) groups excluding carboxylic acids is 2. The van der Waals surface area contributed by atoms with Crippen LogP contribution in [0.15, 0.2) is 59.5 Å². The highest BCUT2D eigenvalue weighted by molar-refractivity contribution is 6.00. The summed E-state index contributed by atoms with van der Waals surface area (Å²) < 4.78 is 10.6. The van der Waals surface area contributed by atoms with Crippen molar-refractivity contribution < 1.29 is 24.0 Å². The molecule has 3 N–H and O–H groups in total. The molecule has 1 aliphatic rings. The SMILES string of the molecule is C=CCOC(=O)C1=C(C)NC(C)=C(C(=O)OC(C)CN)C1c1cccc([N+](=O)[O-])c1. The molecule has 0 saturated heterocycles. The van der Waals surface area contributed by atoms with Crippen molar-refractivity contribution in [2.75, 3.05) is 13.2 Å². The number of nitrogens with two attached hydrogens (primary N) is 1. The first-order valence-electron chi connectivity index (χ1n) is 9.33. The Morgan fingerprint density at radius 1 is 1.30 bits per heavy atom. The van der Waals surface area contributed by atoms with Gasteiger partial charge in [-0.3, -0.25) is 10.1 Å². The quantitative estimate of drug-likeness (QED) is 0.286. The van der Waals surface area contributed by atoms with Gasteiger partial charge in [0.1, 0.15) is 12.7 Å². The third-order valence-electron chi connectivity index (χ3n) is 4.59. The van der Waals surface area contributed by atoms with Crippen LogP contribution in [0.3, 0.4) is 0 Å². The monoisotopic (exact) mass is 415 g/mol. The summed E-state index contributed by atoms with van der Waals surface area (Å²) in [6.07, 6.45) is 0.873. The summed E-state index contributed by atoms with van der Waals surface area (Å²) in [6.45, 7) is 8.61. The van der Waals surface area contributed by atoms with Gasteiger partial charge in [0.15, 0.2) is 0 Å². The number of benzene rings is 1. The molecule has 1 aliphatic heterocycles. The summed E-state index contributed by atoms with van der Waals surface area (Å²) in [7, 11) is 0. The highest BCUT2D eigenvalue weighted by Gasteiger charge is 2.38. The fourth-order valence-electron chi connectivity index (χ4n) is 3.19. The average molecular weight is 415 g/mol. The van der Waals surface area contributed by atoms with Gasteiger partial charge in [-0.05, 0) is 26.3 Å². The summed E-state index contributed by atoms with van der Waals surface area (Å²) in [5.74, 6) is -2.25. The van der Waals surface area contributed by atoms with E-state index in [1.807, 2.05) is 0 Å². The minimum Gasteiger partial charge on any atom is -0.458 e. The third-order valence-corrected chi connectivity index (χ3v) is 4.59. The number of nitro groups is 1. The number of nitro benzene ring substituents is 1. The summed E-state index contributed by atoms with van der Waals surface area (Å²) in [6, 6.07) is 5.78. The molecule has 1 aromatic carbocycles. The molecule has 30 heavy (non-hydrogen) atoms. The summed E-state index contributed by atoms with van der Waals surface area (Å²) in [5, 5.41) is 14.3. The molecule has 1 aromatic rings. The molecule has 2 atom stereocenters. The Hall–Kier alpha value is -3.46. The zero-order valence-electron chi connectivity index (χ0n) is 17.1. The second-order valence-electron chi connectivity index (χ2n) is 6.83. The molecular weight excluding hydrogens is 390 g/mol. The lowest BCUT2D eigenvalue weighted by Gasteiger charge is -2.30. The molecule has 0 radical (unpaired) electrons. The van der Waals surface area contributed by atoms with Crippen molar-refractivity contribution in [3.63, 3.8) is 0 Å². The van der Waals surface area contributed by atoms with Crippen LogP contribution < -0.4 is 11.1 Å². The van der Waals surface area contributed by atoms with E-state index in [9.17, 15) is 19.7 Å². The van der Waals surface area contributed by atoms with Gasteiger partial charge in [0.05, 0.1) is 22.0 Å². The number of esters is 2. The molecule has 0 aromatic heterocycles. The van der Waals surface area contributed by atoms with Gasteiger partial charge >= 0.3 is 11.9 Å². The maximum atomic E-state index is 13.0. The van der Waals surface area contributed by atoms with E-state index in [1.165, 1.54) is 24.3 Å². The number of allylic oxidation sites excluding steroid dienone is 2. The van der Waals surface area contributed by atoms with Crippen molar-refractivity contribution >= 4 is 17.6 Å². The fourth-order valence-corrected chi connectivity index (χ4v) is 3.19. The molecule has 0 bridgehead atoms. The van der Waals surface area contributed by atoms with Gasteiger partial charge in [-0.25, -0.2) is 9.59 Å². The van der Waals surface area contributed by atoms with Crippen molar-refractivity contribution in [3.8, 4) is 0 Å². The van der Waals surface area contributed by atoms with Gasteiger partial charge in [-0.2, -0.15) is 0 Å². The standard InChI is InChI=1S/C21H25N3O6/c1-5-9-29-20(25)17-13(3)23-14(4)18(21(26)30-12(2)11-22)19(17)15-7-6-8-16(10-15)24(27)28/h5-8,10,12,19,23H,1,9,11,22H2,2-4H3. The average Bonchev–Trinajstić information content (AvgIpc) is 2.71. The van der Waals surface area contributed by atoms with Crippen LogP contribution in [-0.2, 0) is 19.1 Å². The molecule has 0 spiro atoms. The molecule has 0 fully saturated rings. The zero-order chi connectivity index (χ0) is 22.4. The van der Waals surface area contributed by atoms with Crippen LogP contribution >= 0.6 is 0 Å². The molecule has 0 amide bonds. The number of ether oxygens (including phenoxy) is 2. The normalized spacial score (nSPS) is 17.1. The first-order chi connectivity index (χ1) is 14.2. The van der Waals surface area contributed by atoms with E-state index in [0.717, 1.165) is 0 Å². The Bertz CT molecular complexity index is 934. The molecular formula is C21H25N3O6. The highest BCUT2D eigenvalue weighted by Crippen LogP contribution is 2.40. The fraction of sp³-hybridized carbons (Fsp3) is 0.333. The van der Waals surface area contributed by atoms with Gasteiger partial charge in [0.2, 0.25) is 0 Å². The van der Waals surface area contributed by atoms with E-state index in [4.69, 9.17) is 15.2 Å². The lowest BCUT2D eigenvalue weighted by molar-refractivity contribution is -0.384. The van der Waals surface area contributed by atoms with Crippen LogP contribution in [0, 0.1) is 10.1 Å². The largest absolute Gasteiger partial charge is 0.458 e. The Morgan fingerprint density at radius 3 is 2.50 bits per heavy atom. The van der Waals surface area contributed by atoms with Crippen LogP contribution in [0.1, 0.15) is 32.3 Å². The second-order valence-corrected chi connectivity index (χ2v) is 6.83. The van der Waals surface area contributed by atoms with Gasteiger partial charge in [0.25, 0.3) is 5.69 Å². The smallest absolute Gasteiger partial charge is 0.337 e. The number of rotatable bonds is 8. The lowest BCUT2D eigenvalue weighted by atomic mass is 9.80. The maximum absolute atomic E-state index is 13.0. The Labute approximate surface area is 174 Å². The summed E-state index contributed by atoms with van der Waals surface area (Å²) in [4.78, 5) is 36.5. The van der Waals surface area contributed by atoms with E-state index in [0.29, 0.717) is 17.0 Å². The number of nitrogens with zero attached hydrogens (tertiary/aromatic N) is 1. The van der Waals surface area contributed by atoms with E-state index >= 15 is 0 Å². The van der Waals surface area contributed by atoms with Crippen LogP contribution in [-0.4, -0.2) is 36.1 Å². The maximum Gasteiger partial charge on any atom is 0.337 e. The number of carbonyl (C=O) groups is 2. The Balaban J connectivity index is 2.64. The molecule has 160 valence electrons. The number of non-ortho nitro benzene ring substituents is 1. The van der Waals surface area contributed by atoms with Crippen LogP contribution in [0.4, 0.5) is 5.69 Å². The number of hydrogen-bond acceptors (Lipinski definition) is 8. The Morgan fingerprint density at radius 2 is 1.93 bits per heavy atom. The molecule has 2 rings (SSSR count). The summed E-state index contributed by atoms with van der Waals surface area (Å²) >= 11 is 0. The van der Waals surface area contributed by atoms with Crippen molar-refractivity contribution in [3.05, 3.63) is 75.1 Å². The van der Waals surface area contributed by atoms with Gasteiger partial charge in [-0.1, -0.05) is 24.8 Å². The molecule has 9 nitrogen and oxygen atoms in total. The highest BCUT2D eigenvalue weighted by atomic mass is 16.6. The van der Waals surface area contributed by atoms with Crippen molar-refractivity contribution in [2.45, 2.75) is 32.8 Å². The van der Waals surface area contributed by atoms with E-state index in [-0.39, 0.29) is 30.0 Å². The first-order valence-corrected chi connectivity index (χ1v) is 9.33. The number of hydrogen-bond donors (Lipinski definition) is 2. The topological polar surface area (TPSA) is 134 Å². The number of nitrogens with one attached hydrogen (secondary N) is 1. The van der Waals surface area contributed by atoms with Gasteiger partial charge < -0.3 is 20.5 Å². The van der Waals surface area contributed by atoms with Gasteiger partial charge in [0, 0.05) is 30.1 Å². The Kier molecular flexibility index (Phi) is 7.48. The van der Waals surface area contributed by atoms with Crippen molar-refractivity contribution in [1.82, 2.24) is 5.32 Å². The minimum absolute atomic E-state index is 0.0239. The molecule has 1 heterocycles. The first kappa shape index (κ1) is 22.8. The van der Waals surface area contributed by atoms with Gasteiger partial charge in [-0.15, -0.1) is 0 Å². The van der Waals surface area contributed by atoms with Crippen LogP contribution in [0.2, 0.25) is 0 Å². The van der Waals surface area contributed by atoms with Crippen LogP contribution in [0.5, 0.6) is 0 Å². The molecule has 9 heteroatoms. The number of dihydropyridines is 1. The predicted octanol–water partition coefficient (Wildman–Crippen LogP) is 2.45. The molecule has 2 unspecified atom stereocenters. The minimum atomic E-state index is -0.916. The zero-order valence-corrected chi connectivity index (χ0v) is 17.1. The third kappa shape index (κ3) is 4.93. The van der Waals surface area contributed by atoms with E-state index < -0.39 is 28.9 Å². The molecule has 0 saturated carbocycles.